The minimum atomic E-state index is -0.240. The molecule has 0 saturated heterocycles. The second-order valence-corrected chi connectivity index (χ2v) is 16.3. The summed E-state index contributed by atoms with van der Waals surface area (Å²) in [6.07, 6.45) is 0. The molecule has 0 atom stereocenters. The number of benzene rings is 4. The van der Waals surface area contributed by atoms with E-state index in [-0.39, 0.29) is 21.7 Å². The maximum atomic E-state index is 11.6. The van der Waals surface area contributed by atoms with Gasteiger partial charge in [-0.15, -0.1) is 0 Å². The minimum absolute atomic E-state index is 0.240. The van der Waals surface area contributed by atoms with Crippen molar-refractivity contribution in [1.29, 1.82) is 0 Å². The number of phenolic OH excluding ortho intramolecular Hbond substituents is 2. The number of aromatic hydroxyl groups is 2. The molecule has 0 saturated carbocycles. The van der Waals surface area contributed by atoms with Crippen LogP contribution in [0.3, 0.4) is 0 Å². The summed E-state index contributed by atoms with van der Waals surface area (Å²) in [5, 5.41) is 25.6. The second-order valence-electron chi connectivity index (χ2n) is 16.3. The normalized spacial score (nSPS) is 14.3. The third-order valence-corrected chi connectivity index (χ3v) is 8.72. The van der Waals surface area contributed by atoms with Crippen LogP contribution in [-0.4, -0.2) is 10.2 Å². The van der Waals surface area contributed by atoms with Crippen LogP contribution in [-0.2, 0) is 21.7 Å². The van der Waals surface area contributed by atoms with E-state index in [1.807, 2.05) is 0 Å². The molecule has 0 spiro atoms. The van der Waals surface area contributed by atoms with Gasteiger partial charge in [-0.3, -0.25) is 0 Å². The Balaban J connectivity index is 1.99. The molecular formula is C40H48O2. The Morgan fingerprint density at radius 3 is 0.976 bits per heavy atom. The van der Waals surface area contributed by atoms with Crippen molar-refractivity contribution in [1.82, 2.24) is 0 Å². The van der Waals surface area contributed by atoms with E-state index in [1.54, 1.807) is 0 Å². The molecule has 2 heteroatoms. The molecule has 1 aliphatic carbocycles. The largest absolute Gasteiger partial charge is 0.507 e. The van der Waals surface area contributed by atoms with Crippen LogP contribution in [0.2, 0.25) is 0 Å². The quantitative estimate of drug-likeness (QED) is 0.225. The maximum Gasteiger partial charge on any atom is 0.123 e. The van der Waals surface area contributed by atoms with Crippen LogP contribution in [0.15, 0.2) is 60.7 Å². The molecule has 0 bridgehead atoms. The molecular weight excluding hydrogens is 512 g/mol. The molecule has 0 heterocycles. The fourth-order valence-electron chi connectivity index (χ4n) is 6.47. The molecule has 1 aliphatic rings. The van der Waals surface area contributed by atoms with E-state index in [0.717, 1.165) is 33.4 Å². The van der Waals surface area contributed by atoms with Gasteiger partial charge in [-0.05, 0) is 90.1 Å². The van der Waals surface area contributed by atoms with Gasteiger partial charge in [0, 0.05) is 22.3 Å². The molecule has 4 aromatic rings. The Morgan fingerprint density at radius 1 is 0.429 bits per heavy atom. The van der Waals surface area contributed by atoms with Gasteiger partial charge < -0.3 is 10.2 Å². The van der Waals surface area contributed by atoms with Crippen LogP contribution in [0.25, 0.3) is 21.9 Å². The lowest BCUT2D eigenvalue weighted by Gasteiger charge is -2.30. The lowest BCUT2D eigenvalue weighted by molar-refractivity contribution is 0.422. The van der Waals surface area contributed by atoms with Crippen LogP contribution < -0.4 is 0 Å². The standard InChI is InChI=1S/C40H48O2/c1-37(2,3)28-19-24(20-29(35(28)41)38(4,5)6)33-26-17-13-15-23-16-14-18-27(32(23)26)34(33)25-21-30(39(7,8)9)36(42)31(22-25)40(10,11)12/h13-22,41-42H,1-12H3. The summed E-state index contributed by atoms with van der Waals surface area (Å²) < 4.78 is 0. The van der Waals surface area contributed by atoms with E-state index < -0.39 is 0 Å². The van der Waals surface area contributed by atoms with E-state index >= 15 is 0 Å². The van der Waals surface area contributed by atoms with Crippen molar-refractivity contribution in [3.05, 3.63) is 105 Å². The highest BCUT2D eigenvalue weighted by Crippen LogP contribution is 2.52. The summed E-state index contributed by atoms with van der Waals surface area (Å²) in [5.41, 5.74) is 9.88. The van der Waals surface area contributed by atoms with Gasteiger partial charge in [0.25, 0.3) is 0 Å². The molecule has 2 nitrogen and oxygen atoms in total. The van der Waals surface area contributed by atoms with Gasteiger partial charge in [-0.2, -0.15) is 0 Å². The van der Waals surface area contributed by atoms with Gasteiger partial charge in [0.1, 0.15) is 11.5 Å². The van der Waals surface area contributed by atoms with Crippen molar-refractivity contribution < 1.29 is 10.2 Å². The van der Waals surface area contributed by atoms with Crippen molar-refractivity contribution in [2.24, 2.45) is 0 Å². The van der Waals surface area contributed by atoms with Crippen LogP contribution in [0, 0.1) is 0 Å². The van der Waals surface area contributed by atoms with Crippen molar-refractivity contribution in [3.63, 3.8) is 0 Å². The minimum Gasteiger partial charge on any atom is -0.507 e. The molecule has 0 fully saturated rings. The Labute approximate surface area is 253 Å². The Morgan fingerprint density at radius 2 is 0.714 bits per heavy atom. The van der Waals surface area contributed by atoms with E-state index in [9.17, 15) is 10.2 Å². The summed E-state index contributed by atoms with van der Waals surface area (Å²) in [6, 6.07) is 22.0. The van der Waals surface area contributed by atoms with E-state index in [0.29, 0.717) is 11.5 Å². The summed E-state index contributed by atoms with van der Waals surface area (Å²) in [7, 11) is 0. The molecule has 0 amide bonds. The Kier molecular flexibility index (Phi) is 6.77. The van der Waals surface area contributed by atoms with Crippen molar-refractivity contribution >= 4 is 21.9 Å². The first-order chi connectivity index (χ1) is 19.2. The van der Waals surface area contributed by atoms with Crippen molar-refractivity contribution in [3.8, 4) is 11.5 Å². The van der Waals surface area contributed by atoms with Crippen molar-refractivity contribution in [2.45, 2.75) is 105 Å². The second kappa shape index (κ2) is 9.49. The van der Waals surface area contributed by atoms with E-state index in [1.165, 1.54) is 33.0 Å². The van der Waals surface area contributed by atoms with Gasteiger partial charge >= 0.3 is 0 Å². The zero-order valence-electron chi connectivity index (χ0n) is 27.7. The monoisotopic (exact) mass is 560 g/mol. The predicted molar refractivity (Wildman–Crippen MR) is 180 cm³/mol. The first kappa shape index (κ1) is 30.0. The highest BCUT2D eigenvalue weighted by molar-refractivity contribution is 6.20. The zero-order chi connectivity index (χ0) is 31.2. The van der Waals surface area contributed by atoms with Crippen molar-refractivity contribution in [2.75, 3.05) is 0 Å². The SMILES string of the molecule is CC(C)(C)c1cc(C2=C(c3cc(C(C)(C)C)c(O)c(C(C)(C)C)c3)c3cccc4cccc2c34)cc(C(C)(C)C)c1O. The summed E-state index contributed by atoms with van der Waals surface area (Å²) in [5.74, 6) is 0.786. The molecule has 0 aromatic heterocycles. The molecule has 0 radical (unpaired) electrons. The van der Waals surface area contributed by atoms with Crippen LogP contribution in [0.5, 0.6) is 11.5 Å². The Bertz CT molecular complexity index is 1560. The molecule has 0 unspecified atom stereocenters. The third kappa shape index (κ3) is 4.93. The molecule has 4 aromatic carbocycles. The third-order valence-electron chi connectivity index (χ3n) is 8.72. The van der Waals surface area contributed by atoms with Gasteiger partial charge in [-0.25, -0.2) is 0 Å². The topological polar surface area (TPSA) is 40.5 Å². The highest BCUT2D eigenvalue weighted by atomic mass is 16.3. The molecule has 0 aliphatic heterocycles. The number of phenols is 2. The van der Waals surface area contributed by atoms with Gasteiger partial charge in [0.15, 0.2) is 0 Å². The smallest absolute Gasteiger partial charge is 0.123 e. The zero-order valence-corrected chi connectivity index (χ0v) is 27.7. The highest BCUT2D eigenvalue weighted by Gasteiger charge is 2.33. The van der Waals surface area contributed by atoms with Gasteiger partial charge in [-0.1, -0.05) is 119 Å². The number of hydrogen-bond donors (Lipinski definition) is 2. The fourth-order valence-corrected chi connectivity index (χ4v) is 6.47. The summed E-state index contributed by atoms with van der Waals surface area (Å²) in [6.45, 7) is 26.0. The average Bonchev–Trinajstić information content (AvgIpc) is 3.18. The number of rotatable bonds is 2. The lowest BCUT2D eigenvalue weighted by atomic mass is 9.75. The lowest BCUT2D eigenvalue weighted by Crippen LogP contribution is -2.18. The maximum absolute atomic E-state index is 11.6. The van der Waals surface area contributed by atoms with Crippen LogP contribution in [0.4, 0.5) is 0 Å². The summed E-state index contributed by atoms with van der Waals surface area (Å²) >= 11 is 0. The average molecular weight is 561 g/mol. The van der Waals surface area contributed by atoms with Crippen LogP contribution >= 0.6 is 0 Å². The first-order valence-electron chi connectivity index (χ1n) is 15.2. The van der Waals surface area contributed by atoms with Gasteiger partial charge in [0.2, 0.25) is 0 Å². The molecule has 5 rings (SSSR count). The molecule has 42 heavy (non-hydrogen) atoms. The molecule has 2 N–H and O–H groups in total. The Hall–Kier alpha value is -3.52. The predicted octanol–water partition coefficient (Wildman–Crippen LogP) is 10.8. The van der Waals surface area contributed by atoms with E-state index in [2.05, 4.69) is 144 Å². The fraction of sp³-hybridized carbons (Fsp3) is 0.400. The summed E-state index contributed by atoms with van der Waals surface area (Å²) in [4.78, 5) is 0. The first-order valence-corrected chi connectivity index (χ1v) is 15.2. The van der Waals surface area contributed by atoms with Gasteiger partial charge in [0.05, 0.1) is 0 Å². The molecule has 220 valence electrons. The number of hydrogen-bond acceptors (Lipinski definition) is 2. The van der Waals surface area contributed by atoms with Crippen LogP contribution in [0.1, 0.15) is 128 Å². The van der Waals surface area contributed by atoms with E-state index in [4.69, 9.17) is 0 Å².